The van der Waals surface area contributed by atoms with Gasteiger partial charge in [0.05, 0.1) is 12.2 Å². The Kier molecular flexibility index (Phi) is 5.33. The van der Waals surface area contributed by atoms with Crippen LogP contribution in [0.1, 0.15) is 6.92 Å². The first-order valence-corrected chi connectivity index (χ1v) is 7.44. The third-order valence-electron chi connectivity index (χ3n) is 3.04. The van der Waals surface area contributed by atoms with Gasteiger partial charge in [0, 0.05) is 16.7 Å². The van der Waals surface area contributed by atoms with Crippen molar-refractivity contribution in [1.82, 2.24) is 0 Å². The lowest BCUT2D eigenvalue weighted by Crippen LogP contribution is -2.33. The summed E-state index contributed by atoms with van der Waals surface area (Å²) in [5, 5.41) is 2.60. The highest BCUT2D eigenvalue weighted by atomic mass is 79.9. The van der Waals surface area contributed by atoms with Crippen molar-refractivity contribution in [1.29, 1.82) is 0 Å². The molecule has 0 saturated carbocycles. The van der Waals surface area contributed by atoms with Gasteiger partial charge >= 0.3 is 0 Å². The summed E-state index contributed by atoms with van der Waals surface area (Å²) < 4.78 is 14.3. The number of carbonyl (C=O) groups excluding carboxylic acids is 1. The van der Waals surface area contributed by atoms with Crippen LogP contribution in [0.2, 0.25) is 0 Å². The summed E-state index contributed by atoms with van der Waals surface area (Å²) in [5.74, 6) is -0.706. The molecular formula is C16H16BrFN2O. The van der Waals surface area contributed by atoms with Gasteiger partial charge in [-0.1, -0.05) is 34.1 Å². The largest absolute Gasteiger partial charge is 0.362 e. The van der Waals surface area contributed by atoms with Gasteiger partial charge in [0.25, 0.3) is 0 Å². The molecule has 2 rings (SSSR count). The molecule has 0 aliphatic carbocycles. The quantitative estimate of drug-likeness (QED) is 0.881. The van der Waals surface area contributed by atoms with Gasteiger partial charge in [-0.15, -0.1) is 0 Å². The number of likely N-dealkylation sites (N-methyl/N-ethyl adjacent to an activating group) is 1. The van der Waals surface area contributed by atoms with E-state index in [0.29, 0.717) is 11.0 Å². The van der Waals surface area contributed by atoms with Crippen molar-refractivity contribution in [3.05, 3.63) is 58.8 Å². The number of carbonyl (C=O) groups is 1. The van der Waals surface area contributed by atoms with E-state index in [1.54, 1.807) is 6.07 Å². The standard InChI is InChI=1S/C16H16BrFN2O/c1-2-20(13-6-4-3-5-7-13)11-16(21)19-15-9-8-12(17)10-14(15)18/h3-10H,2,11H2,1H3,(H,19,21). The Labute approximate surface area is 131 Å². The predicted octanol–water partition coefficient (Wildman–Crippen LogP) is 4.05. The molecule has 0 fully saturated rings. The number of hydrogen-bond donors (Lipinski definition) is 1. The van der Waals surface area contributed by atoms with E-state index in [9.17, 15) is 9.18 Å². The van der Waals surface area contributed by atoms with Crippen LogP contribution >= 0.6 is 15.9 Å². The highest BCUT2D eigenvalue weighted by Gasteiger charge is 2.12. The van der Waals surface area contributed by atoms with Gasteiger partial charge in [-0.2, -0.15) is 0 Å². The Bertz CT molecular complexity index is 619. The topological polar surface area (TPSA) is 32.3 Å². The lowest BCUT2D eigenvalue weighted by atomic mass is 10.2. The summed E-state index contributed by atoms with van der Waals surface area (Å²) >= 11 is 3.18. The molecule has 0 atom stereocenters. The maximum Gasteiger partial charge on any atom is 0.243 e. The monoisotopic (exact) mass is 350 g/mol. The van der Waals surface area contributed by atoms with Crippen molar-refractivity contribution in [2.24, 2.45) is 0 Å². The van der Waals surface area contributed by atoms with Crippen molar-refractivity contribution < 1.29 is 9.18 Å². The Hall–Kier alpha value is -1.88. The number of amides is 1. The van der Waals surface area contributed by atoms with Crippen LogP contribution in [-0.4, -0.2) is 19.0 Å². The molecule has 0 aromatic heterocycles. The average Bonchev–Trinajstić information content (AvgIpc) is 2.48. The van der Waals surface area contributed by atoms with Crippen LogP contribution in [0.15, 0.2) is 53.0 Å². The van der Waals surface area contributed by atoms with Crippen LogP contribution in [-0.2, 0) is 4.79 Å². The van der Waals surface area contributed by atoms with E-state index in [1.807, 2.05) is 42.2 Å². The summed E-state index contributed by atoms with van der Waals surface area (Å²) in [5.41, 5.74) is 1.15. The third-order valence-corrected chi connectivity index (χ3v) is 3.54. The molecule has 2 aromatic carbocycles. The maximum absolute atomic E-state index is 13.7. The van der Waals surface area contributed by atoms with Crippen molar-refractivity contribution in [3.8, 4) is 0 Å². The third kappa shape index (κ3) is 4.29. The van der Waals surface area contributed by atoms with E-state index in [-0.39, 0.29) is 18.1 Å². The van der Waals surface area contributed by atoms with E-state index < -0.39 is 5.82 Å². The van der Waals surface area contributed by atoms with Crippen LogP contribution in [0, 0.1) is 5.82 Å². The van der Waals surface area contributed by atoms with Crippen molar-refractivity contribution in [3.63, 3.8) is 0 Å². The number of para-hydroxylation sites is 1. The van der Waals surface area contributed by atoms with E-state index in [0.717, 1.165) is 5.69 Å². The fourth-order valence-corrected chi connectivity index (χ4v) is 2.31. The second kappa shape index (κ2) is 7.22. The van der Waals surface area contributed by atoms with E-state index in [2.05, 4.69) is 21.2 Å². The minimum atomic E-state index is -0.458. The molecule has 1 N–H and O–H groups in total. The molecule has 0 heterocycles. The molecule has 0 radical (unpaired) electrons. The smallest absolute Gasteiger partial charge is 0.243 e. The molecular weight excluding hydrogens is 335 g/mol. The molecule has 5 heteroatoms. The van der Waals surface area contributed by atoms with Crippen LogP contribution in [0.25, 0.3) is 0 Å². The van der Waals surface area contributed by atoms with Gasteiger partial charge in [0.2, 0.25) is 5.91 Å². The molecule has 0 unspecified atom stereocenters. The first kappa shape index (κ1) is 15.5. The van der Waals surface area contributed by atoms with Crippen LogP contribution in [0.5, 0.6) is 0 Å². The zero-order chi connectivity index (χ0) is 15.2. The molecule has 0 saturated heterocycles. The van der Waals surface area contributed by atoms with Gasteiger partial charge in [-0.05, 0) is 37.3 Å². The van der Waals surface area contributed by atoms with E-state index >= 15 is 0 Å². The molecule has 3 nitrogen and oxygen atoms in total. The average molecular weight is 351 g/mol. The fourth-order valence-electron chi connectivity index (χ4n) is 1.98. The normalized spacial score (nSPS) is 10.2. The summed E-state index contributed by atoms with van der Waals surface area (Å²) in [7, 11) is 0. The second-order valence-corrected chi connectivity index (χ2v) is 5.44. The van der Waals surface area contributed by atoms with Crippen LogP contribution in [0.3, 0.4) is 0 Å². The van der Waals surface area contributed by atoms with Crippen molar-refractivity contribution >= 4 is 33.2 Å². The first-order chi connectivity index (χ1) is 10.1. The number of hydrogen-bond acceptors (Lipinski definition) is 2. The Morgan fingerprint density at radius 2 is 1.95 bits per heavy atom. The Morgan fingerprint density at radius 3 is 2.57 bits per heavy atom. The summed E-state index contributed by atoms with van der Waals surface area (Å²) in [4.78, 5) is 14.0. The predicted molar refractivity (Wildman–Crippen MR) is 87.1 cm³/mol. The Morgan fingerprint density at radius 1 is 1.24 bits per heavy atom. The molecule has 0 aliphatic heterocycles. The number of anilines is 2. The summed E-state index contributed by atoms with van der Waals surface area (Å²) in [6.07, 6.45) is 0. The highest BCUT2D eigenvalue weighted by Crippen LogP contribution is 2.19. The van der Waals surface area contributed by atoms with Crippen molar-refractivity contribution in [2.45, 2.75) is 6.92 Å². The fraction of sp³-hybridized carbons (Fsp3) is 0.188. The first-order valence-electron chi connectivity index (χ1n) is 6.65. The van der Waals surface area contributed by atoms with Gasteiger partial charge < -0.3 is 10.2 Å². The Balaban J connectivity index is 2.03. The summed E-state index contributed by atoms with van der Waals surface area (Å²) in [6.45, 7) is 2.84. The molecule has 110 valence electrons. The van der Waals surface area contributed by atoms with E-state index in [4.69, 9.17) is 0 Å². The molecule has 0 spiro atoms. The number of nitrogens with zero attached hydrogens (tertiary/aromatic N) is 1. The molecule has 2 aromatic rings. The van der Waals surface area contributed by atoms with Crippen LogP contribution < -0.4 is 10.2 Å². The zero-order valence-electron chi connectivity index (χ0n) is 11.6. The zero-order valence-corrected chi connectivity index (χ0v) is 13.2. The number of rotatable bonds is 5. The molecule has 0 aliphatic rings. The number of halogens is 2. The SMILES string of the molecule is CCN(CC(=O)Nc1ccc(Br)cc1F)c1ccccc1. The molecule has 21 heavy (non-hydrogen) atoms. The van der Waals surface area contributed by atoms with Gasteiger partial charge in [-0.3, -0.25) is 4.79 Å². The van der Waals surface area contributed by atoms with E-state index in [1.165, 1.54) is 12.1 Å². The lowest BCUT2D eigenvalue weighted by Gasteiger charge is -2.22. The number of benzene rings is 2. The lowest BCUT2D eigenvalue weighted by molar-refractivity contribution is -0.115. The van der Waals surface area contributed by atoms with Crippen molar-refractivity contribution in [2.75, 3.05) is 23.3 Å². The van der Waals surface area contributed by atoms with Gasteiger partial charge in [0.15, 0.2) is 0 Å². The molecule has 1 amide bonds. The minimum absolute atomic E-state index is 0.177. The van der Waals surface area contributed by atoms with Gasteiger partial charge in [0.1, 0.15) is 5.82 Å². The molecule has 0 bridgehead atoms. The number of nitrogens with one attached hydrogen (secondary N) is 1. The minimum Gasteiger partial charge on any atom is -0.362 e. The summed E-state index contributed by atoms with van der Waals surface area (Å²) in [6, 6.07) is 14.2. The maximum atomic E-state index is 13.7. The van der Waals surface area contributed by atoms with Crippen LogP contribution in [0.4, 0.5) is 15.8 Å². The second-order valence-electron chi connectivity index (χ2n) is 4.52. The highest BCUT2D eigenvalue weighted by molar-refractivity contribution is 9.10. The van der Waals surface area contributed by atoms with Gasteiger partial charge in [-0.25, -0.2) is 4.39 Å².